The van der Waals surface area contributed by atoms with Crippen LogP contribution < -0.4 is 10.6 Å². The molecule has 0 saturated heterocycles. The van der Waals surface area contributed by atoms with Gasteiger partial charge >= 0.3 is 12.1 Å². The molecule has 1 heterocycles. The highest BCUT2D eigenvalue weighted by molar-refractivity contribution is 5.96. The molecular formula is C24H23N3O7. The highest BCUT2D eigenvalue weighted by Crippen LogP contribution is 2.44. The molecule has 4 rings (SSSR count). The molecule has 10 heteroatoms. The number of carbonyl (C=O) groups excluding carboxylic acids is 2. The van der Waals surface area contributed by atoms with Crippen LogP contribution in [-0.2, 0) is 14.3 Å². The van der Waals surface area contributed by atoms with Crippen LogP contribution >= 0.6 is 0 Å². The first-order valence-electron chi connectivity index (χ1n) is 10.5. The van der Waals surface area contributed by atoms with Crippen LogP contribution in [0.4, 0.5) is 10.7 Å². The third kappa shape index (κ3) is 4.62. The number of aromatic nitrogens is 1. The maximum Gasteiger partial charge on any atom is 0.414 e. The Kier molecular flexibility index (Phi) is 6.60. The molecule has 1 aliphatic rings. The molecule has 0 radical (unpaired) electrons. The van der Waals surface area contributed by atoms with E-state index in [4.69, 9.17) is 14.0 Å². The van der Waals surface area contributed by atoms with E-state index >= 15 is 0 Å². The number of aliphatic carboxylic acids is 1. The van der Waals surface area contributed by atoms with E-state index in [0.29, 0.717) is 0 Å². The number of hydrogen-bond donors (Lipinski definition) is 3. The van der Waals surface area contributed by atoms with Crippen molar-refractivity contribution in [3.63, 3.8) is 0 Å². The number of hydrogen-bond acceptors (Lipinski definition) is 7. The van der Waals surface area contributed by atoms with Crippen LogP contribution in [0.1, 0.15) is 34.5 Å². The van der Waals surface area contributed by atoms with Crippen molar-refractivity contribution in [1.82, 2.24) is 10.5 Å². The van der Waals surface area contributed by atoms with Gasteiger partial charge in [-0.25, -0.2) is 9.59 Å². The fourth-order valence-corrected chi connectivity index (χ4v) is 3.91. The number of anilines is 1. The molecule has 176 valence electrons. The Morgan fingerprint density at radius 3 is 2.29 bits per heavy atom. The summed E-state index contributed by atoms with van der Waals surface area (Å²) in [5, 5.41) is 17.5. The average molecular weight is 465 g/mol. The van der Waals surface area contributed by atoms with Crippen molar-refractivity contribution in [2.45, 2.75) is 25.0 Å². The Morgan fingerprint density at radius 2 is 1.71 bits per heavy atom. The van der Waals surface area contributed by atoms with Gasteiger partial charge in [-0.2, -0.15) is 0 Å². The maximum atomic E-state index is 12.4. The van der Waals surface area contributed by atoms with Crippen LogP contribution in [0.5, 0.6) is 0 Å². The minimum atomic E-state index is -1.28. The summed E-state index contributed by atoms with van der Waals surface area (Å²) in [6, 6.07) is 15.8. The zero-order valence-electron chi connectivity index (χ0n) is 18.5. The van der Waals surface area contributed by atoms with Gasteiger partial charge in [0, 0.05) is 19.1 Å². The van der Waals surface area contributed by atoms with E-state index in [9.17, 15) is 19.5 Å². The molecule has 3 aromatic rings. The summed E-state index contributed by atoms with van der Waals surface area (Å²) < 4.78 is 15.4. The molecule has 2 amide bonds. The molecule has 2 atom stereocenters. The average Bonchev–Trinajstić information content (AvgIpc) is 3.43. The summed E-state index contributed by atoms with van der Waals surface area (Å²) in [5.41, 5.74) is 4.17. The summed E-state index contributed by atoms with van der Waals surface area (Å²) in [7, 11) is 1.33. The number of ether oxygens (including phenoxy) is 2. The summed E-state index contributed by atoms with van der Waals surface area (Å²) in [4.78, 5) is 36.0. The molecule has 3 N–H and O–H groups in total. The number of fused-ring (bicyclic) bond motifs is 3. The van der Waals surface area contributed by atoms with Gasteiger partial charge in [0.25, 0.3) is 5.91 Å². The minimum Gasteiger partial charge on any atom is -0.480 e. The number of benzene rings is 2. The molecule has 0 saturated carbocycles. The highest BCUT2D eigenvalue weighted by atomic mass is 16.6. The second-order valence-corrected chi connectivity index (χ2v) is 7.76. The van der Waals surface area contributed by atoms with E-state index in [-0.39, 0.29) is 24.1 Å². The molecule has 10 nitrogen and oxygen atoms in total. The van der Waals surface area contributed by atoms with Gasteiger partial charge in [-0.05, 0) is 29.2 Å². The summed E-state index contributed by atoms with van der Waals surface area (Å²) in [6.45, 7) is 1.61. The molecule has 2 aromatic carbocycles. The zero-order chi connectivity index (χ0) is 24.2. The lowest BCUT2D eigenvalue weighted by molar-refractivity contribution is -0.142. The van der Waals surface area contributed by atoms with E-state index < -0.39 is 30.1 Å². The lowest BCUT2D eigenvalue weighted by Crippen LogP contribution is -2.48. The number of amides is 2. The highest BCUT2D eigenvalue weighted by Gasteiger charge is 2.30. The van der Waals surface area contributed by atoms with Crippen molar-refractivity contribution in [3.8, 4) is 11.1 Å². The van der Waals surface area contributed by atoms with Crippen molar-refractivity contribution < 1.29 is 33.5 Å². The van der Waals surface area contributed by atoms with Gasteiger partial charge in [-0.15, -0.1) is 0 Å². The van der Waals surface area contributed by atoms with E-state index in [1.165, 1.54) is 20.1 Å². The number of rotatable bonds is 8. The molecule has 1 aromatic heterocycles. The molecule has 0 spiro atoms. The van der Waals surface area contributed by atoms with Gasteiger partial charge in [-0.3, -0.25) is 10.1 Å². The number of carbonyl (C=O) groups is 3. The van der Waals surface area contributed by atoms with Crippen LogP contribution in [0.15, 0.2) is 59.1 Å². The Morgan fingerprint density at radius 1 is 1.09 bits per heavy atom. The molecule has 0 bridgehead atoms. The monoisotopic (exact) mass is 465 g/mol. The van der Waals surface area contributed by atoms with Gasteiger partial charge in [0.1, 0.15) is 6.61 Å². The lowest BCUT2D eigenvalue weighted by atomic mass is 9.98. The molecule has 34 heavy (non-hydrogen) atoms. The van der Waals surface area contributed by atoms with Crippen LogP contribution in [0.3, 0.4) is 0 Å². The van der Waals surface area contributed by atoms with Crippen molar-refractivity contribution in [3.05, 3.63) is 71.4 Å². The smallest absolute Gasteiger partial charge is 0.414 e. The standard InChI is InChI=1S/C24H23N3O7/c1-13(32-2)21(23(29)30)26-22(28)19-11-20(34-27-19)25-24(31)33-12-18-16-9-5-3-7-14(16)15-8-4-6-10-17(15)18/h3-11,13,18,21H,12H2,1-2H3,(H,25,31)(H,26,28)(H,29,30). The normalized spacial score (nSPS) is 13.9. The first-order valence-corrected chi connectivity index (χ1v) is 10.5. The maximum absolute atomic E-state index is 12.4. The molecule has 1 aliphatic carbocycles. The Labute approximate surface area is 194 Å². The van der Waals surface area contributed by atoms with Crippen LogP contribution in [0.2, 0.25) is 0 Å². The van der Waals surface area contributed by atoms with E-state index in [1.807, 2.05) is 48.5 Å². The van der Waals surface area contributed by atoms with Crippen molar-refractivity contribution >= 4 is 23.9 Å². The summed E-state index contributed by atoms with van der Waals surface area (Å²) in [5.74, 6) is -2.28. The van der Waals surface area contributed by atoms with Gasteiger partial charge in [0.05, 0.1) is 6.10 Å². The zero-order valence-corrected chi connectivity index (χ0v) is 18.5. The van der Waals surface area contributed by atoms with Crippen molar-refractivity contribution in [2.24, 2.45) is 0 Å². The minimum absolute atomic E-state index is 0.107. The largest absolute Gasteiger partial charge is 0.480 e. The fourth-order valence-electron chi connectivity index (χ4n) is 3.91. The number of methoxy groups -OCH3 is 1. The Bertz CT molecular complexity index is 1180. The van der Waals surface area contributed by atoms with Crippen molar-refractivity contribution in [1.29, 1.82) is 0 Å². The second kappa shape index (κ2) is 9.75. The van der Waals surface area contributed by atoms with Crippen LogP contribution in [0, 0.1) is 0 Å². The summed E-state index contributed by atoms with van der Waals surface area (Å²) >= 11 is 0. The van der Waals surface area contributed by atoms with E-state index in [1.54, 1.807) is 0 Å². The predicted octanol–water partition coefficient (Wildman–Crippen LogP) is 3.25. The molecule has 0 fully saturated rings. The number of nitrogens with one attached hydrogen (secondary N) is 2. The lowest BCUT2D eigenvalue weighted by Gasteiger charge is -2.19. The molecular weight excluding hydrogens is 442 g/mol. The van der Waals surface area contributed by atoms with Crippen LogP contribution in [0.25, 0.3) is 11.1 Å². The fraction of sp³-hybridized carbons (Fsp3) is 0.250. The van der Waals surface area contributed by atoms with Gasteiger partial charge in [-0.1, -0.05) is 53.7 Å². The van der Waals surface area contributed by atoms with Gasteiger partial charge in [0.15, 0.2) is 11.7 Å². The predicted molar refractivity (Wildman–Crippen MR) is 121 cm³/mol. The third-order valence-electron chi connectivity index (χ3n) is 5.71. The van der Waals surface area contributed by atoms with E-state index in [0.717, 1.165) is 22.3 Å². The first kappa shape index (κ1) is 23.0. The van der Waals surface area contributed by atoms with Gasteiger partial charge in [0.2, 0.25) is 5.88 Å². The van der Waals surface area contributed by atoms with Gasteiger partial charge < -0.3 is 24.4 Å². The first-order chi connectivity index (χ1) is 16.4. The number of nitrogens with zero attached hydrogens (tertiary/aromatic N) is 1. The molecule has 2 unspecified atom stereocenters. The van der Waals surface area contributed by atoms with Crippen molar-refractivity contribution in [2.75, 3.05) is 19.0 Å². The SMILES string of the molecule is COC(C)C(NC(=O)c1cc(NC(=O)OCC2c3ccccc3-c3ccccc32)on1)C(=O)O. The Hall–Kier alpha value is -4.18. The van der Waals surface area contributed by atoms with E-state index in [2.05, 4.69) is 15.8 Å². The summed E-state index contributed by atoms with van der Waals surface area (Å²) in [6.07, 6.45) is -1.55. The Balaban J connectivity index is 1.37. The quantitative estimate of drug-likeness (QED) is 0.461. The topological polar surface area (TPSA) is 140 Å². The third-order valence-corrected chi connectivity index (χ3v) is 5.71. The van der Waals surface area contributed by atoms with Crippen LogP contribution in [-0.4, -0.2) is 54.1 Å². The number of carboxylic acid groups (broad SMARTS) is 1. The second-order valence-electron chi connectivity index (χ2n) is 7.76. The number of carboxylic acids is 1. The molecule has 0 aliphatic heterocycles.